The fourth-order valence-electron chi connectivity index (χ4n) is 2.69. The number of carbonyl (C=O) groups is 1. The Morgan fingerprint density at radius 2 is 2.48 bits per heavy atom. The molecule has 6 nitrogen and oxygen atoms in total. The first-order valence-corrected chi connectivity index (χ1v) is 8.66. The third-order valence-corrected chi connectivity index (χ3v) is 4.56. The lowest BCUT2D eigenvalue weighted by Gasteiger charge is -2.23. The number of aromatic nitrogens is 1. The molecule has 0 unspecified atom stereocenters. The van der Waals surface area contributed by atoms with Crippen LogP contribution in [-0.4, -0.2) is 41.8 Å². The number of hydrogen-bond acceptors (Lipinski definition) is 6. The quantitative estimate of drug-likeness (QED) is 0.842. The molecule has 3 rings (SSSR count). The number of rotatable bonds is 7. The highest BCUT2D eigenvalue weighted by Crippen LogP contribution is 2.17. The summed E-state index contributed by atoms with van der Waals surface area (Å²) in [5, 5.41) is 8.57. The van der Waals surface area contributed by atoms with Gasteiger partial charge in [-0.3, -0.25) is 15.0 Å². The summed E-state index contributed by atoms with van der Waals surface area (Å²) in [6, 6.07) is 5.83. The lowest BCUT2D eigenvalue weighted by atomic mass is 10.2. The second kappa shape index (κ2) is 7.72. The molecule has 1 saturated heterocycles. The van der Waals surface area contributed by atoms with Gasteiger partial charge < -0.3 is 9.26 Å². The lowest BCUT2D eigenvalue weighted by Crippen LogP contribution is -2.37. The minimum absolute atomic E-state index is 0.101. The average molecular weight is 335 g/mol. The summed E-state index contributed by atoms with van der Waals surface area (Å²) in [7, 11) is 0. The van der Waals surface area contributed by atoms with E-state index in [0.717, 1.165) is 38.2 Å². The first kappa shape index (κ1) is 16.2. The van der Waals surface area contributed by atoms with Crippen LogP contribution in [0.4, 0.5) is 5.88 Å². The number of hydrogen-bond donors (Lipinski definition) is 1. The summed E-state index contributed by atoms with van der Waals surface area (Å²) in [5.74, 6) is 0.288. The van der Waals surface area contributed by atoms with Crippen LogP contribution in [-0.2, 0) is 16.1 Å². The van der Waals surface area contributed by atoms with Crippen LogP contribution < -0.4 is 5.32 Å². The van der Waals surface area contributed by atoms with E-state index in [1.165, 1.54) is 4.88 Å². The number of aryl methyl sites for hydroxylation is 1. The zero-order valence-corrected chi connectivity index (χ0v) is 14.0. The lowest BCUT2D eigenvalue weighted by molar-refractivity contribution is -0.117. The van der Waals surface area contributed by atoms with Gasteiger partial charge >= 0.3 is 0 Å². The molecule has 0 bridgehead atoms. The Morgan fingerprint density at radius 1 is 1.57 bits per heavy atom. The molecule has 1 aliphatic heterocycles. The molecule has 0 aromatic carbocycles. The molecule has 0 aliphatic carbocycles. The van der Waals surface area contributed by atoms with Gasteiger partial charge in [0.15, 0.2) is 0 Å². The summed E-state index contributed by atoms with van der Waals surface area (Å²) in [6.45, 7) is 4.46. The van der Waals surface area contributed by atoms with Gasteiger partial charge in [-0.2, -0.15) is 0 Å². The third-order valence-electron chi connectivity index (χ3n) is 3.70. The van der Waals surface area contributed by atoms with Crippen molar-refractivity contribution >= 4 is 23.1 Å². The van der Waals surface area contributed by atoms with Crippen LogP contribution in [0.5, 0.6) is 0 Å². The largest absolute Gasteiger partial charge is 0.377 e. The Morgan fingerprint density at radius 3 is 3.13 bits per heavy atom. The van der Waals surface area contributed by atoms with Crippen LogP contribution in [0.1, 0.15) is 23.4 Å². The SMILES string of the molecule is Cc1cc(NC(=O)CN(Cc2cccs2)C[C@H]2CCCO2)on1. The maximum atomic E-state index is 12.3. The zero-order chi connectivity index (χ0) is 16.1. The van der Waals surface area contributed by atoms with Gasteiger partial charge in [-0.1, -0.05) is 11.2 Å². The summed E-state index contributed by atoms with van der Waals surface area (Å²) in [6.07, 6.45) is 2.38. The number of amides is 1. The minimum atomic E-state index is -0.101. The van der Waals surface area contributed by atoms with Crippen molar-refractivity contribution < 1.29 is 14.1 Å². The minimum Gasteiger partial charge on any atom is -0.377 e. The maximum Gasteiger partial charge on any atom is 0.240 e. The molecular weight excluding hydrogens is 314 g/mol. The topological polar surface area (TPSA) is 67.6 Å². The Bertz CT molecular complexity index is 620. The number of nitrogens with zero attached hydrogens (tertiary/aromatic N) is 2. The van der Waals surface area contributed by atoms with Gasteiger partial charge in [0.05, 0.1) is 18.3 Å². The van der Waals surface area contributed by atoms with Crippen LogP contribution >= 0.6 is 11.3 Å². The molecular formula is C16H21N3O3S. The summed E-state index contributed by atoms with van der Waals surface area (Å²) >= 11 is 1.70. The number of anilines is 1. The average Bonchev–Trinajstić information content (AvgIpc) is 3.23. The second-order valence-electron chi connectivity index (χ2n) is 5.76. The van der Waals surface area contributed by atoms with Gasteiger partial charge in [-0.25, -0.2) is 0 Å². The van der Waals surface area contributed by atoms with E-state index in [1.807, 2.05) is 13.0 Å². The van der Waals surface area contributed by atoms with Crippen molar-refractivity contribution in [3.05, 3.63) is 34.2 Å². The van der Waals surface area contributed by atoms with Crippen LogP contribution in [0, 0.1) is 6.92 Å². The van der Waals surface area contributed by atoms with E-state index >= 15 is 0 Å². The monoisotopic (exact) mass is 335 g/mol. The van der Waals surface area contributed by atoms with E-state index < -0.39 is 0 Å². The normalized spacial score (nSPS) is 17.7. The van der Waals surface area contributed by atoms with Crippen molar-refractivity contribution in [3.63, 3.8) is 0 Å². The fraction of sp³-hybridized carbons (Fsp3) is 0.500. The van der Waals surface area contributed by atoms with E-state index in [2.05, 4.69) is 26.8 Å². The zero-order valence-electron chi connectivity index (χ0n) is 13.2. The Hall–Kier alpha value is -1.70. The van der Waals surface area contributed by atoms with E-state index in [-0.39, 0.29) is 12.0 Å². The second-order valence-corrected chi connectivity index (χ2v) is 6.80. The molecule has 1 aliphatic rings. The molecule has 7 heteroatoms. The number of thiophene rings is 1. The van der Waals surface area contributed by atoms with E-state index in [9.17, 15) is 4.79 Å². The molecule has 124 valence electrons. The molecule has 1 N–H and O–H groups in total. The number of carbonyl (C=O) groups excluding carboxylic acids is 1. The predicted molar refractivity (Wildman–Crippen MR) is 88.4 cm³/mol. The van der Waals surface area contributed by atoms with Gasteiger partial charge in [-0.05, 0) is 31.2 Å². The molecule has 0 radical (unpaired) electrons. The predicted octanol–water partition coefficient (Wildman–Crippen LogP) is 2.66. The van der Waals surface area contributed by atoms with E-state index in [4.69, 9.17) is 9.26 Å². The molecule has 2 aromatic heterocycles. The van der Waals surface area contributed by atoms with Gasteiger partial charge in [0, 0.05) is 30.6 Å². The van der Waals surface area contributed by atoms with Crippen molar-refractivity contribution in [2.45, 2.75) is 32.4 Å². The Kier molecular flexibility index (Phi) is 5.43. The standard InChI is InChI=1S/C16H21N3O3S/c1-12-8-16(22-18-12)17-15(20)11-19(9-13-4-2-6-21-13)10-14-5-3-7-23-14/h3,5,7-8,13H,2,4,6,9-11H2,1H3,(H,17,20)/t13-/m1/s1. The van der Waals surface area contributed by atoms with Gasteiger partial charge in [0.1, 0.15) is 0 Å². The van der Waals surface area contributed by atoms with Crippen molar-refractivity contribution in [1.29, 1.82) is 0 Å². The van der Waals surface area contributed by atoms with E-state index in [1.54, 1.807) is 17.4 Å². The van der Waals surface area contributed by atoms with Crippen molar-refractivity contribution in [2.24, 2.45) is 0 Å². The third kappa shape index (κ3) is 4.89. The molecule has 1 atom stereocenters. The molecule has 0 saturated carbocycles. The van der Waals surface area contributed by atoms with Crippen molar-refractivity contribution in [1.82, 2.24) is 10.1 Å². The Balaban J connectivity index is 1.58. The highest BCUT2D eigenvalue weighted by molar-refractivity contribution is 7.09. The van der Waals surface area contributed by atoms with Crippen molar-refractivity contribution in [2.75, 3.05) is 25.0 Å². The first-order valence-electron chi connectivity index (χ1n) is 7.78. The highest BCUT2D eigenvalue weighted by Gasteiger charge is 2.21. The van der Waals surface area contributed by atoms with Gasteiger partial charge in [0.25, 0.3) is 0 Å². The Labute approximate surface area is 139 Å². The van der Waals surface area contributed by atoms with E-state index in [0.29, 0.717) is 12.4 Å². The highest BCUT2D eigenvalue weighted by atomic mass is 32.1. The van der Waals surface area contributed by atoms with Gasteiger partial charge in [0.2, 0.25) is 11.8 Å². The molecule has 3 heterocycles. The van der Waals surface area contributed by atoms with Crippen LogP contribution in [0.2, 0.25) is 0 Å². The molecule has 0 spiro atoms. The molecule has 1 amide bonds. The summed E-state index contributed by atoms with van der Waals surface area (Å²) < 4.78 is 10.7. The molecule has 23 heavy (non-hydrogen) atoms. The number of nitrogens with one attached hydrogen (secondary N) is 1. The summed E-state index contributed by atoms with van der Waals surface area (Å²) in [4.78, 5) is 15.6. The van der Waals surface area contributed by atoms with Crippen molar-refractivity contribution in [3.8, 4) is 0 Å². The van der Waals surface area contributed by atoms with Gasteiger partial charge in [-0.15, -0.1) is 11.3 Å². The number of ether oxygens (including phenoxy) is 1. The molecule has 1 fully saturated rings. The first-order chi connectivity index (χ1) is 11.2. The summed E-state index contributed by atoms with van der Waals surface area (Å²) in [5.41, 5.74) is 0.745. The maximum absolute atomic E-state index is 12.3. The van der Waals surface area contributed by atoms with Crippen LogP contribution in [0.25, 0.3) is 0 Å². The van der Waals surface area contributed by atoms with Crippen LogP contribution in [0.15, 0.2) is 28.1 Å². The molecule has 2 aromatic rings. The fourth-order valence-corrected chi connectivity index (χ4v) is 3.43. The smallest absolute Gasteiger partial charge is 0.240 e. The van der Waals surface area contributed by atoms with Crippen LogP contribution in [0.3, 0.4) is 0 Å².